The second-order valence-electron chi connectivity index (χ2n) is 7.37. The first-order valence-electron chi connectivity index (χ1n) is 9.81. The molecule has 9 heteroatoms. The molecule has 0 aromatic heterocycles. The Kier molecular flexibility index (Phi) is 8.28. The molecule has 0 fully saturated rings. The van der Waals surface area contributed by atoms with Gasteiger partial charge in [0.2, 0.25) is 5.78 Å². The van der Waals surface area contributed by atoms with Crippen LogP contribution >= 0.6 is 0 Å². The average molecular weight is 449 g/mol. The molecule has 1 unspecified atom stereocenters. The number of ketones is 1. The van der Waals surface area contributed by atoms with Crippen LogP contribution in [0.3, 0.4) is 0 Å². The Morgan fingerprint density at radius 3 is 1.94 bits per heavy atom. The molecule has 7 nitrogen and oxygen atoms in total. The third-order valence-electron chi connectivity index (χ3n) is 4.69. The van der Waals surface area contributed by atoms with Crippen molar-refractivity contribution in [1.82, 2.24) is 5.32 Å². The number of esters is 1. The van der Waals surface area contributed by atoms with E-state index in [2.05, 4.69) is 5.32 Å². The molecule has 0 saturated heterocycles. The highest BCUT2D eigenvalue weighted by molar-refractivity contribution is 6.01. The first-order chi connectivity index (χ1) is 15.1. The van der Waals surface area contributed by atoms with Crippen molar-refractivity contribution < 1.29 is 37.4 Å². The van der Waals surface area contributed by atoms with Gasteiger partial charge in [-0.25, -0.2) is 13.6 Å². The third-order valence-corrected chi connectivity index (χ3v) is 4.69. The molecule has 0 radical (unpaired) electrons. The van der Waals surface area contributed by atoms with Gasteiger partial charge in [-0.2, -0.15) is 0 Å². The van der Waals surface area contributed by atoms with Crippen molar-refractivity contribution in [1.29, 1.82) is 0 Å². The molecule has 0 saturated carbocycles. The molecule has 1 amide bonds. The fourth-order valence-corrected chi connectivity index (χ4v) is 2.85. The standard InChI is InChI=1S/C23H25F2NO6/c1-12(2)20(26-22(28)15-8-16(30-4)11-17(9-15)31-5)23(29)32-13(3)21(27)14-6-7-18(24)19(25)10-14/h6-13,20H,1-5H3,(H,26,28)/t13?,20-/m0/s1. The van der Waals surface area contributed by atoms with Crippen LogP contribution in [0.1, 0.15) is 41.5 Å². The summed E-state index contributed by atoms with van der Waals surface area (Å²) in [5, 5.41) is 2.59. The normalized spacial score (nSPS) is 12.6. The van der Waals surface area contributed by atoms with Gasteiger partial charge in [0.05, 0.1) is 14.2 Å². The van der Waals surface area contributed by atoms with Gasteiger partial charge >= 0.3 is 5.97 Å². The zero-order valence-corrected chi connectivity index (χ0v) is 18.4. The Morgan fingerprint density at radius 1 is 0.844 bits per heavy atom. The molecule has 32 heavy (non-hydrogen) atoms. The lowest BCUT2D eigenvalue weighted by molar-refractivity contribution is -0.149. The van der Waals surface area contributed by atoms with Crippen molar-refractivity contribution in [3.63, 3.8) is 0 Å². The fourth-order valence-electron chi connectivity index (χ4n) is 2.85. The van der Waals surface area contributed by atoms with Crippen molar-refractivity contribution in [2.24, 2.45) is 5.92 Å². The fraction of sp³-hybridized carbons (Fsp3) is 0.348. The molecule has 172 valence electrons. The number of carbonyl (C=O) groups is 3. The van der Waals surface area contributed by atoms with Gasteiger partial charge in [-0.1, -0.05) is 13.8 Å². The molecule has 2 aromatic rings. The van der Waals surface area contributed by atoms with Crippen LogP contribution in [0.2, 0.25) is 0 Å². The summed E-state index contributed by atoms with van der Waals surface area (Å²) in [4.78, 5) is 37.9. The molecule has 2 aromatic carbocycles. The van der Waals surface area contributed by atoms with Crippen LogP contribution in [-0.4, -0.2) is 44.0 Å². The summed E-state index contributed by atoms with van der Waals surface area (Å²) in [6, 6.07) is 6.14. The molecule has 0 aliphatic heterocycles. The van der Waals surface area contributed by atoms with E-state index >= 15 is 0 Å². The minimum absolute atomic E-state index is 0.141. The van der Waals surface area contributed by atoms with Gasteiger partial charge in [-0.05, 0) is 43.2 Å². The highest BCUT2D eigenvalue weighted by atomic mass is 19.2. The van der Waals surface area contributed by atoms with Gasteiger partial charge < -0.3 is 19.5 Å². The zero-order chi connectivity index (χ0) is 24.0. The van der Waals surface area contributed by atoms with Gasteiger partial charge in [0.25, 0.3) is 5.91 Å². The number of hydrogen-bond donors (Lipinski definition) is 1. The smallest absolute Gasteiger partial charge is 0.329 e. The maximum Gasteiger partial charge on any atom is 0.329 e. The predicted octanol–water partition coefficient (Wildman–Crippen LogP) is 3.55. The third kappa shape index (κ3) is 6.03. The summed E-state index contributed by atoms with van der Waals surface area (Å²) in [5.74, 6) is -3.98. The first-order valence-corrected chi connectivity index (χ1v) is 9.81. The largest absolute Gasteiger partial charge is 0.497 e. The van der Waals surface area contributed by atoms with E-state index in [4.69, 9.17) is 14.2 Å². The van der Waals surface area contributed by atoms with Crippen molar-refractivity contribution in [2.75, 3.05) is 14.2 Å². The molecule has 0 heterocycles. The molecule has 0 aliphatic carbocycles. The van der Waals surface area contributed by atoms with Gasteiger partial charge in [0, 0.05) is 17.2 Å². The number of hydrogen-bond acceptors (Lipinski definition) is 6. The summed E-state index contributed by atoms with van der Waals surface area (Å²) in [6.45, 7) is 4.70. The van der Waals surface area contributed by atoms with Crippen molar-refractivity contribution >= 4 is 17.7 Å². The van der Waals surface area contributed by atoms with Crippen LogP contribution in [0.25, 0.3) is 0 Å². The number of ether oxygens (including phenoxy) is 3. The van der Waals surface area contributed by atoms with Crippen LogP contribution in [0, 0.1) is 17.6 Å². The SMILES string of the molecule is COc1cc(OC)cc(C(=O)N[C@H](C(=O)OC(C)C(=O)c2ccc(F)c(F)c2)C(C)C)c1. The van der Waals surface area contributed by atoms with Crippen LogP contribution < -0.4 is 14.8 Å². The van der Waals surface area contributed by atoms with E-state index in [1.165, 1.54) is 33.3 Å². The van der Waals surface area contributed by atoms with E-state index in [1.807, 2.05) is 0 Å². The predicted molar refractivity (Wildman–Crippen MR) is 112 cm³/mol. The van der Waals surface area contributed by atoms with Crippen LogP contribution in [0.4, 0.5) is 8.78 Å². The van der Waals surface area contributed by atoms with Gasteiger partial charge in [0.15, 0.2) is 17.7 Å². The van der Waals surface area contributed by atoms with Gasteiger partial charge in [-0.3, -0.25) is 9.59 Å². The van der Waals surface area contributed by atoms with E-state index in [0.717, 1.165) is 18.2 Å². The van der Waals surface area contributed by atoms with E-state index in [-0.39, 0.29) is 17.0 Å². The number of Topliss-reactive ketones (excluding diaryl/α,β-unsaturated/α-hetero) is 1. The Bertz CT molecular complexity index is 986. The molecule has 0 bridgehead atoms. The second kappa shape index (κ2) is 10.7. The topological polar surface area (TPSA) is 90.9 Å². The zero-order valence-electron chi connectivity index (χ0n) is 18.4. The molecule has 1 N–H and O–H groups in total. The minimum Gasteiger partial charge on any atom is -0.497 e. The number of nitrogens with one attached hydrogen (secondary N) is 1. The number of amides is 1. The monoisotopic (exact) mass is 449 g/mol. The Hall–Kier alpha value is -3.49. The lowest BCUT2D eigenvalue weighted by Gasteiger charge is -2.23. The minimum atomic E-state index is -1.28. The van der Waals surface area contributed by atoms with Crippen LogP contribution in [0.5, 0.6) is 11.5 Å². The summed E-state index contributed by atoms with van der Waals surface area (Å²) < 4.78 is 42.0. The van der Waals surface area contributed by atoms with Crippen molar-refractivity contribution in [3.05, 3.63) is 59.2 Å². The van der Waals surface area contributed by atoms with E-state index in [1.54, 1.807) is 19.9 Å². The van der Waals surface area contributed by atoms with Gasteiger partial charge in [-0.15, -0.1) is 0 Å². The van der Waals surface area contributed by atoms with Crippen LogP contribution in [0.15, 0.2) is 36.4 Å². The maximum atomic E-state index is 13.4. The van der Waals surface area contributed by atoms with E-state index < -0.39 is 41.4 Å². The van der Waals surface area contributed by atoms with E-state index in [0.29, 0.717) is 11.5 Å². The number of methoxy groups -OCH3 is 2. The second-order valence-corrected chi connectivity index (χ2v) is 7.37. The molecular weight excluding hydrogens is 424 g/mol. The van der Waals surface area contributed by atoms with Gasteiger partial charge in [0.1, 0.15) is 17.5 Å². The Balaban J connectivity index is 2.14. The molecule has 0 spiro atoms. The summed E-state index contributed by atoms with van der Waals surface area (Å²) in [5.41, 5.74) is 0.0587. The summed E-state index contributed by atoms with van der Waals surface area (Å²) in [7, 11) is 2.88. The average Bonchev–Trinajstić information content (AvgIpc) is 2.77. The number of carbonyl (C=O) groups excluding carboxylic acids is 3. The van der Waals surface area contributed by atoms with Crippen LogP contribution in [-0.2, 0) is 9.53 Å². The Labute approximate surface area is 184 Å². The highest BCUT2D eigenvalue weighted by Crippen LogP contribution is 2.23. The van der Waals surface area contributed by atoms with Crippen molar-refractivity contribution in [2.45, 2.75) is 32.9 Å². The first kappa shape index (κ1) is 24.8. The summed E-state index contributed by atoms with van der Waals surface area (Å²) >= 11 is 0. The van der Waals surface area contributed by atoms with E-state index in [9.17, 15) is 23.2 Å². The molecule has 2 atom stereocenters. The van der Waals surface area contributed by atoms with Crippen molar-refractivity contribution in [3.8, 4) is 11.5 Å². The quantitative estimate of drug-likeness (QED) is 0.465. The summed E-state index contributed by atoms with van der Waals surface area (Å²) in [6.07, 6.45) is -1.28. The number of halogens is 2. The highest BCUT2D eigenvalue weighted by Gasteiger charge is 2.30. The Morgan fingerprint density at radius 2 is 1.44 bits per heavy atom. The lowest BCUT2D eigenvalue weighted by Crippen LogP contribution is -2.46. The molecule has 0 aliphatic rings. The maximum absolute atomic E-state index is 13.4. The molecule has 2 rings (SSSR count). The number of benzene rings is 2. The molecular formula is C23H25F2NO6. The number of rotatable bonds is 9. The lowest BCUT2D eigenvalue weighted by atomic mass is 10.0.